The maximum Gasteiger partial charge on any atom is 0.263 e. The average Bonchev–Trinajstić information content (AvgIpc) is 2.06. The van der Waals surface area contributed by atoms with Gasteiger partial charge in [0.25, 0.3) is 9.05 Å². The highest BCUT2D eigenvalue weighted by Gasteiger charge is 2.21. The fourth-order valence-electron chi connectivity index (χ4n) is 1.10. The molecule has 0 aliphatic heterocycles. The summed E-state index contributed by atoms with van der Waals surface area (Å²) in [6.07, 6.45) is 0. The van der Waals surface area contributed by atoms with Crippen LogP contribution in [0, 0.1) is 18.3 Å². The van der Waals surface area contributed by atoms with Gasteiger partial charge >= 0.3 is 0 Å². The van der Waals surface area contributed by atoms with Gasteiger partial charge in [-0.05, 0) is 18.6 Å². The number of benzene rings is 1. The van der Waals surface area contributed by atoms with Gasteiger partial charge in [-0.3, -0.25) is 0 Å². The molecule has 1 N–H and O–H groups in total. The minimum atomic E-state index is -4.01. The number of aryl methyl sites for hydroxylation is 1. The van der Waals surface area contributed by atoms with Crippen LogP contribution in [0.4, 0.5) is 0 Å². The maximum atomic E-state index is 11.1. The molecular formula is C8H6ClNO3S. The molecule has 0 fully saturated rings. The van der Waals surface area contributed by atoms with Gasteiger partial charge in [-0.1, -0.05) is 6.07 Å². The predicted octanol–water partition coefficient (Wildman–Crippen LogP) is 1.50. The molecule has 0 spiro atoms. The summed E-state index contributed by atoms with van der Waals surface area (Å²) in [6.45, 7) is 1.50. The number of aromatic hydroxyl groups is 1. The number of hydrogen-bond acceptors (Lipinski definition) is 4. The van der Waals surface area contributed by atoms with Crippen LogP contribution in [-0.2, 0) is 9.05 Å². The summed E-state index contributed by atoms with van der Waals surface area (Å²) < 4.78 is 22.2. The second-order valence-corrected chi connectivity index (χ2v) is 5.16. The van der Waals surface area contributed by atoms with E-state index in [4.69, 9.17) is 15.9 Å². The molecule has 1 aromatic rings. The van der Waals surface area contributed by atoms with Crippen molar-refractivity contribution >= 4 is 19.7 Å². The number of nitriles is 1. The van der Waals surface area contributed by atoms with E-state index >= 15 is 0 Å². The standard InChI is InChI=1S/C8H6ClNO3S/c1-5-2-3-7(11)6(4-10)8(5)14(9,12)13/h2-3,11H,1H3. The van der Waals surface area contributed by atoms with Gasteiger partial charge in [0.2, 0.25) is 0 Å². The third-order valence-corrected chi connectivity index (χ3v) is 3.16. The van der Waals surface area contributed by atoms with Crippen molar-refractivity contribution in [1.29, 1.82) is 5.26 Å². The van der Waals surface area contributed by atoms with E-state index in [0.29, 0.717) is 5.56 Å². The van der Waals surface area contributed by atoms with Crippen LogP contribution in [-0.4, -0.2) is 13.5 Å². The molecule has 0 bridgehead atoms. The molecule has 0 saturated heterocycles. The molecule has 0 aliphatic rings. The number of halogens is 1. The normalized spacial score (nSPS) is 10.9. The van der Waals surface area contributed by atoms with Crippen LogP contribution in [0.5, 0.6) is 5.75 Å². The first-order chi connectivity index (χ1) is 6.38. The highest BCUT2D eigenvalue weighted by atomic mass is 35.7. The Balaban J connectivity index is 3.74. The molecule has 0 atom stereocenters. The Morgan fingerprint density at radius 2 is 2.07 bits per heavy atom. The molecular weight excluding hydrogens is 226 g/mol. The number of phenols is 1. The minimum absolute atomic E-state index is 0.319. The topological polar surface area (TPSA) is 78.2 Å². The molecule has 6 heteroatoms. The monoisotopic (exact) mass is 231 g/mol. The second-order valence-electron chi connectivity index (χ2n) is 2.66. The number of rotatable bonds is 1. The van der Waals surface area contributed by atoms with Crippen LogP contribution in [0.1, 0.15) is 11.1 Å². The Labute approximate surface area is 85.8 Å². The molecule has 0 saturated carbocycles. The largest absolute Gasteiger partial charge is 0.507 e. The van der Waals surface area contributed by atoms with Crippen molar-refractivity contribution in [2.45, 2.75) is 11.8 Å². The van der Waals surface area contributed by atoms with E-state index in [1.807, 2.05) is 0 Å². The van der Waals surface area contributed by atoms with Gasteiger partial charge in [0.15, 0.2) is 0 Å². The summed E-state index contributed by atoms with van der Waals surface area (Å²) in [5.74, 6) is -0.391. The number of phenolic OH excluding ortho intramolecular Hbond substituents is 1. The Kier molecular flexibility index (Phi) is 2.69. The van der Waals surface area contributed by atoms with Gasteiger partial charge in [0.1, 0.15) is 22.3 Å². The third-order valence-electron chi connectivity index (χ3n) is 1.69. The molecule has 0 aromatic heterocycles. The quantitative estimate of drug-likeness (QED) is 0.743. The summed E-state index contributed by atoms with van der Waals surface area (Å²) in [6, 6.07) is 4.23. The van der Waals surface area contributed by atoms with E-state index in [-0.39, 0.29) is 10.5 Å². The Hall–Kier alpha value is -1.25. The van der Waals surface area contributed by atoms with Crippen LogP contribution < -0.4 is 0 Å². The van der Waals surface area contributed by atoms with E-state index in [9.17, 15) is 13.5 Å². The summed E-state index contributed by atoms with van der Waals surface area (Å²) in [5.41, 5.74) is 0.00866. The van der Waals surface area contributed by atoms with Crippen LogP contribution in [0.15, 0.2) is 17.0 Å². The van der Waals surface area contributed by atoms with Crippen molar-refractivity contribution in [3.05, 3.63) is 23.3 Å². The number of nitrogens with zero attached hydrogens (tertiary/aromatic N) is 1. The van der Waals surface area contributed by atoms with Gasteiger partial charge in [-0.25, -0.2) is 8.42 Å². The SMILES string of the molecule is Cc1ccc(O)c(C#N)c1S(=O)(=O)Cl. The molecule has 1 rings (SSSR count). The molecule has 0 aliphatic carbocycles. The molecule has 74 valence electrons. The highest BCUT2D eigenvalue weighted by molar-refractivity contribution is 8.13. The third kappa shape index (κ3) is 1.81. The Morgan fingerprint density at radius 3 is 2.43 bits per heavy atom. The zero-order chi connectivity index (χ0) is 10.9. The lowest BCUT2D eigenvalue weighted by Crippen LogP contribution is -1.98. The molecule has 14 heavy (non-hydrogen) atoms. The van der Waals surface area contributed by atoms with Crippen molar-refractivity contribution in [1.82, 2.24) is 0 Å². The van der Waals surface area contributed by atoms with Crippen molar-refractivity contribution in [2.75, 3.05) is 0 Å². The average molecular weight is 232 g/mol. The molecule has 0 unspecified atom stereocenters. The van der Waals surface area contributed by atoms with Crippen molar-refractivity contribution in [3.63, 3.8) is 0 Å². The fourth-order valence-corrected chi connectivity index (χ4v) is 2.54. The zero-order valence-electron chi connectivity index (χ0n) is 7.15. The van der Waals surface area contributed by atoms with Gasteiger partial charge < -0.3 is 5.11 Å². The summed E-state index contributed by atoms with van der Waals surface area (Å²) >= 11 is 0. The van der Waals surface area contributed by atoms with E-state index in [1.54, 1.807) is 6.07 Å². The predicted molar refractivity (Wildman–Crippen MR) is 50.6 cm³/mol. The first-order valence-electron chi connectivity index (χ1n) is 3.55. The molecule has 0 heterocycles. The van der Waals surface area contributed by atoms with Gasteiger partial charge in [-0.2, -0.15) is 5.26 Å². The molecule has 1 aromatic carbocycles. The second kappa shape index (κ2) is 3.48. The van der Waals surface area contributed by atoms with Crippen molar-refractivity contribution in [3.8, 4) is 11.8 Å². The summed E-state index contributed by atoms with van der Waals surface area (Å²) in [7, 11) is 1.12. The lowest BCUT2D eigenvalue weighted by atomic mass is 10.1. The fraction of sp³-hybridized carbons (Fsp3) is 0.125. The Bertz CT molecular complexity index is 516. The zero-order valence-corrected chi connectivity index (χ0v) is 8.72. The smallest absolute Gasteiger partial charge is 0.263 e. The number of hydrogen-bond donors (Lipinski definition) is 1. The lowest BCUT2D eigenvalue weighted by molar-refractivity contribution is 0.471. The molecule has 0 radical (unpaired) electrons. The van der Waals surface area contributed by atoms with Gasteiger partial charge in [0.05, 0.1) is 0 Å². The van der Waals surface area contributed by atoms with Crippen molar-refractivity contribution < 1.29 is 13.5 Å². The molecule has 0 amide bonds. The first kappa shape index (κ1) is 10.8. The summed E-state index contributed by atoms with van der Waals surface area (Å²) in [5, 5.41) is 17.9. The minimum Gasteiger partial charge on any atom is -0.507 e. The van der Waals surface area contributed by atoms with Crippen LogP contribution in [0.2, 0.25) is 0 Å². The van der Waals surface area contributed by atoms with Crippen LogP contribution in [0.25, 0.3) is 0 Å². The van der Waals surface area contributed by atoms with E-state index in [1.165, 1.54) is 19.1 Å². The lowest BCUT2D eigenvalue weighted by Gasteiger charge is -2.05. The first-order valence-corrected chi connectivity index (χ1v) is 5.86. The van der Waals surface area contributed by atoms with Gasteiger partial charge in [0, 0.05) is 10.7 Å². The summed E-state index contributed by atoms with van der Waals surface area (Å²) in [4.78, 5) is -0.332. The molecule has 4 nitrogen and oxygen atoms in total. The van der Waals surface area contributed by atoms with Crippen LogP contribution in [0.3, 0.4) is 0 Å². The van der Waals surface area contributed by atoms with Crippen LogP contribution >= 0.6 is 10.7 Å². The Morgan fingerprint density at radius 1 is 1.50 bits per heavy atom. The van der Waals surface area contributed by atoms with E-state index in [2.05, 4.69) is 0 Å². The van der Waals surface area contributed by atoms with Crippen molar-refractivity contribution in [2.24, 2.45) is 0 Å². The van der Waals surface area contributed by atoms with E-state index < -0.39 is 14.8 Å². The van der Waals surface area contributed by atoms with E-state index in [0.717, 1.165) is 0 Å². The van der Waals surface area contributed by atoms with Gasteiger partial charge in [-0.15, -0.1) is 0 Å². The highest BCUT2D eigenvalue weighted by Crippen LogP contribution is 2.29. The maximum absolute atomic E-state index is 11.1.